The Balaban J connectivity index is 1.55. The smallest absolute Gasteiger partial charge is 0.159 e. The van der Waals surface area contributed by atoms with E-state index >= 15 is 0 Å². The van der Waals surface area contributed by atoms with Crippen LogP contribution in [0.1, 0.15) is 35.6 Å². The Kier molecular flexibility index (Phi) is 6.85. The van der Waals surface area contributed by atoms with E-state index in [1.807, 2.05) is 6.92 Å². The van der Waals surface area contributed by atoms with Crippen molar-refractivity contribution in [1.82, 2.24) is 0 Å². The molecule has 168 valence electrons. The van der Waals surface area contributed by atoms with Gasteiger partial charge in [0.2, 0.25) is 0 Å². The lowest BCUT2D eigenvalue weighted by atomic mass is 10.1. The standard InChI is InChI=1S/C29H18F4O/c1-2-13-34-24-10-6-19(7-11-24)3-4-21-15-26(30)25(27(31)16-21)12-8-20-5-9-22-17-28(32)29(33)18-23(22)14-20/h5-7,9-11,14-18H,2,13H2,1H3. The molecule has 0 bridgehead atoms. The Labute approximate surface area is 195 Å². The summed E-state index contributed by atoms with van der Waals surface area (Å²) in [6, 6.07) is 16.2. The molecule has 0 radical (unpaired) electrons. The van der Waals surface area contributed by atoms with Crippen LogP contribution in [0, 0.1) is 47.0 Å². The summed E-state index contributed by atoms with van der Waals surface area (Å²) in [5.41, 5.74) is 0.872. The van der Waals surface area contributed by atoms with E-state index in [-0.39, 0.29) is 5.56 Å². The Bertz CT molecular complexity index is 1460. The van der Waals surface area contributed by atoms with Crippen LogP contribution >= 0.6 is 0 Å². The molecule has 34 heavy (non-hydrogen) atoms. The fraction of sp³-hybridized carbons (Fsp3) is 0.103. The summed E-state index contributed by atoms with van der Waals surface area (Å²) in [6.07, 6.45) is 0.905. The maximum atomic E-state index is 14.5. The van der Waals surface area contributed by atoms with Gasteiger partial charge in [-0.1, -0.05) is 36.7 Å². The molecule has 4 aromatic rings. The zero-order valence-electron chi connectivity index (χ0n) is 18.2. The van der Waals surface area contributed by atoms with Crippen LogP contribution < -0.4 is 4.74 Å². The van der Waals surface area contributed by atoms with E-state index in [9.17, 15) is 17.6 Å². The fourth-order valence-corrected chi connectivity index (χ4v) is 3.22. The number of rotatable bonds is 3. The van der Waals surface area contributed by atoms with Gasteiger partial charge in [0.1, 0.15) is 17.4 Å². The predicted molar refractivity (Wildman–Crippen MR) is 124 cm³/mol. The normalized spacial score (nSPS) is 10.3. The zero-order chi connectivity index (χ0) is 24.1. The largest absolute Gasteiger partial charge is 0.494 e. The number of hydrogen-bond acceptors (Lipinski definition) is 1. The van der Waals surface area contributed by atoms with Crippen LogP contribution in [0.2, 0.25) is 0 Å². The van der Waals surface area contributed by atoms with Gasteiger partial charge in [-0.25, -0.2) is 17.6 Å². The van der Waals surface area contributed by atoms with Crippen molar-refractivity contribution >= 4 is 10.8 Å². The van der Waals surface area contributed by atoms with Gasteiger partial charge in [0.15, 0.2) is 11.6 Å². The lowest BCUT2D eigenvalue weighted by Crippen LogP contribution is -1.94. The second kappa shape index (κ2) is 10.1. The highest BCUT2D eigenvalue weighted by Gasteiger charge is 2.09. The van der Waals surface area contributed by atoms with Crippen LogP contribution in [0.4, 0.5) is 17.6 Å². The Hall–Kier alpha value is -4.22. The third-order valence-electron chi connectivity index (χ3n) is 4.93. The highest BCUT2D eigenvalue weighted by atomic mass is 19.2. The van der Waals surface area contributed by atoms with Gasteiger partial charge in [-0.15, -0.1) is 0 Å². The van der Waals surface area contributed by atoms with Gasteiger partial charge in [-0.2, -0.15) is 0 Å². The molecule has 0 N–H and O–H groups in total. The minimum absolute atomic E-state index is 0.176. The summed E-state index contributed by atoms with van der Waals surface area (Å²) in [6.45, 7) is 2.64. The average Bonchev–Trinajstić information content (AvgIpc) is 2.82. The van der Waals surface area contributed by atoms with Gasteiger partial charge in [-0.05, 0) is 77.9 Å². The lowest BCUT2D eigenvalue weighted by Gasteiger charge is -2.03. The first-order valence-electron chi connectivity index (χ1n) is 10.6. The van der Waals surface area contributed by atoms with Gasteiger partial charge < -0.3 is 4.74 Å². The van der Waals surface area contributed by atoms with Gasteiger partial charge >= 0.3 is 0 Å². The molecule has 0 saturated heterocycles. The van der Waals surface area contributed by atoms with E-state index in [0.717, 1.165) is 36.4 Å². The van der Waals surface area contributed by atoms with E-state index in [1.54, 1.807) is 36.4 Å². The van der Waals surface area contributed by atoms with Crippen LogP contribution in [0.5, 0.6) is 5.75 Å². The summed E-state index contributed by atoms with van der Waals surface area (Å²) in [4.78, 5) is 0. The number of benzene rings is 4. The van der Waals surface area contributed by atoms with Crippen molar-refractivity contribution in [2.24, 2.45) is 0 Å². The SMILES string of the molecule is CCCOc1ccc(C#Cc2cc(F)c(C#Cc3ccc4cc(F)c(F)cc4c3)c(F)c2)cc1. The molecule has 0 heterocycles. The minimum Gasteiger partial charge on any atom is -0.494 e. The third-order valence-corrected chi connectivity index (χ3v) is 4.93. The van der Waals surface area contributed by atoms with Gasteiger partial charge in [0, 0.05) is 16.7 Å². The first kappa shape index (κ1) is 23.0. The quantitative estimate of drug-likeness (QED) is 0.238. The average molecular weight is 458 g/mol. The van der Waals surface area contributed by atoms with Gasteiger partial charge in [0.25, 0.3) is 0 Å². The monoisotopic (exact) mass is 458 g/mol. The molecular formula is C29H18F4O. The summed E-state index contributed by atoms with van der Waals surface area (Å²) in [5, 5.41) is 0.926. The molecule has 5 heteroatoms. The molecule has 4 rings (SSSR count). The summed E-state index contributed by atoms with van der Waals surface area (Å²) < 4.78 is 61.4. The van der Waals surface area contributed by atoms with Crippen LogP contribution in [0.15, 0.2) is 66.7 Å². The van der Waals surface area contributed by atoms with Gasteiger partial charge in [0.05, 0.1) is 12.2 Å². The molecule has 0 aromatic heterocycles. The van der Waals surface area contributed by atoms with Crippen molar-refractivity contribution in [3.05, 3.63) is 112 Å². The fourth-order valence-electron chi connectivity index (χ4n) is 3.22. The summed E-state index contributed by atoms with van der Waals surface area (Å²) >= 11 is 0. The molecule has 4 aromatic carbocycles. The maximum absolute atomic E-state index is 14.5. The van der Waals surface area contributed by atoms with E-state index in [0.29, 0.717) is 28.5 Å². The maximum Gasteiger partial charge on any atom is 0.159 e. The lowest BCUT2D eigenvalue weighted by molar-refractivity contribution is 0.317. The third kappa shape index (κ3) is 5.39. The molecule has 0 atom stereocenters. The molecule has 0 aliphatic rings. The zero-order valence-corrected chi connectivity index (χ0v) is 18.2. The summed E-state index contributed by atoms with van der Waals surface area (Å²) in [5.74, 6) is 7.90. The molecule has 0 spiro atoms. The highest BCUT2D eigenvalue weighted by Crippen LogP contribution is 2.20. The summed E-state index contributed by atoms with van der Waals surface area (Å²) in [7, 11) is 0. The van der Waals surface area contributed by atoms with Crippen molar-refractivity contribution in [3.8, 4) is 29.4 Å². The van der Waals surface area contributed by atoms with Crippen molar-refractivity contribution in [3.63, 3.8) is 0 Å². The van der Waals surface area contributed by atoms with E-state index in [2.05, 4.69) is 23.7 Å². The number of hydrogen-bond donors (Lipinski definition) is 0. The molecule has 0 fully saturated rings. The molecule has 0 aliphatic heterocycles. The number of halogens is 4. The second-order valence-electron chi connectivity index (χ2n) is 7.52. The number of fused-ring (bicyclic) bond motifs is 1. The van der Waals surface area contributed by atoms with Crippen LogP contribution in [0.3, 0.4) is 0 Å². The van der Waals surface area contributed by atoms with Crippen LogP contribution in [0.25, 0.3) is 10.8 Å². The first-order valence-corrected chi connectivity index (χ1v) is 10.6. The van der Waals surface area contributed by atoms with Crippen molar-refractivity contribution in [1.29, 1.82) is 0 Å². The van der Waals surface area contributed by atoms with Crippen LogP contribution in [-0.4, -0.2) is 6.61 Å². The van der Waals surface area contributed by atoms with Crippen molar-refractivity contribution in [2.75, 3.05) is 6.61 Å². The minimum atomic E-state index is -0.979. The Morgan fingerprint density at radius 3 is 1.85 bits per heavy atom. The van der Waals surface area contributed by atoms with Gasteiger partial charge in [-0.3, -0.25) is 0 Å². The van der Waals surface area contributed by atoms with Crippen LogP contribution in [-0.2, 0) is 0 Å². The number of ether oxygens (including phenoxy) is 1. The Morgan fingerprint density at radius 2 is 1.18 bits per heavy atom. The van der Waals surface area contributed by atoms with E-state index in [4.69, 9.17) is 4.74 Å². The molecule has 1 nitrogen and oxygen atoms in total. The molecular weight excluding hydrogens is 440 g/mol. The Morgan fingerprint density at radius 1 is 0.588 bits per heavy atom. The molecule has 0 unspecified atom stereocenters. The second-order valence-corrected chi connectivity index (χ2v) is 7.52. The molecule has 0 amide bonds. The molecule has 0 saturated carbocycles. The predicted octanol–water partition coefficient (Wildman–Crippen LogP) is 6.98. The van der Waals surface area contributed by atoms with E-state index < -0.39 is 28.8 Å². The highest BCUT2D eigenvalue weighted by molar-refractivity contribution is 5.84. The molecule has 0 aliphatic carbocycles. The van der Waals surface area contributed by atoms with E-state index in [1.165, 1.54) is 6.07 Å². The topological polar surface area (TPSA) is 9.23 Å². The van der Waals surface area contributed by atoms with Crippen molar-refractivity contribution in [2.45, 2.75) is 13.3 Å². The van der Waals surface area contributed by atoms with Crippen molar-refractivity contribution < 1.29 is 22.3 Å². The first-order chi connectivity index (χ1) is 16.4.